The summed E-state index contributed by atoms with van der Waals surface area (Å²) in [5, 5.41) is 16.5. The fourth-order valence-electron chi connectivity index (χ4n) is 4.87. The Kier molecular flexibility index (Phi) is 8.48. The Morgan fingerprint density at radius 2 is 2.03 bits per heavy atom. The summed E-state index contributed by atoms with van der Waals surface area (Å²) in [6.07, 6.45) is 0.824. The van der Waals surface area contributed by atoms with Crippen molar-refractivity contribution in [2.75, 3.05) is 13.1 Å². The van der Waals surface area contributed by atoms with Gasteiger partial charge in [-0.15, -0.1) is 11.3 Å². The fraction of sp³-hybridized carbons (Fsp3) is 0.407. The number of carbonyl (C=O) groups is 2. The minimum Gasteiger partial charge on any atom is -0.459 e. The summed E-state index contributed by atoms with van der Waals surface area (Å²) < 4.78 is 11.4. The van der Waals surface area contributed by atoms with E-state index in [1.807, 2.05) is 11.4 Å². The Labute approximate surface area is 225 Å². The first-order valence-corrected chi connectivity index (χ1v) is 13.4. The summed E-state index contributed by atoms with van der Waals surface area (Å²) in [7, 11) is 0. The van der Waals surface area contributed by atoms with Crippen molar-refractivity contribution in [3.05, 3.63) is 85.0 Å². The molecule has 2 aliphatic heterocycles. The Morgan fingerprint density at radius 1 is 1.24 bits per heavy atom. The second-order valence-electron chi connectivity index (χ2n) is 9.71. The minimum absolute atomic E-state index is 0.0136. The lowest BCUT2D eigenvalue weighted by atomic mass is 9.81. The van der Waals surface area contributed by atoms with Gasteiger partial charge in [0, 0.05) is 35.8 Å². The van der Waals surface area contributed by atoms with Crippen LogP contribution in [0.3, 0.4) is 0 Å². The van der Waals surface area contributed by atoms with Crippen LogP contribution in [0.4, 0.5) is 5.69 Å². The van der Waals surface area contributed by atoms with Crippen LogP contribution >= 0.6 is 11.3 Å². The first kappa shape index (κ1) is 27.3. The number of esters is 2. The van der Waals surface area contributed by atoms with Crippen LogP contribution in [0.15, 0.2) is 64.4 Å². The van der Waals surface area contributed by atoms with Gasteiger partial charge >= 0.3 is 11.9 Å². The first-order chi connectivity index (χ1) is 18.1. The molecule has 1 fully saturated rings. The number of rotatable bonds is 8. The Balaban J connectivity index is 1.64. The van der Waals surface area contributed by atoms with E-state index in [2.05, 4.69) is 16.3 Å². The van der Waals surface area contributed by atoms with Gasteiger partial charge in [0.1, 0.15) is 11.9 Å². The number of nitrogens with two attached hydrogens (primary N) is 1. The molecule has 0 bridgehead atoms. The Morgan fingerprint density at radius 3 is 2.71 bits per heavy atom. The SMILES string of the molecule is CC1=C(C(=O)OC2CCCN(Cc3cccs3)C2)C(c2cccc([N+](=O)[O-])c2)C(C(=O)OC(C)C)=C(N)N1. The molecule has 4 rings (SSSR count). The van der Waals surface area contributed by atoms with Crippen LogP contribution in [0.1, 0.15) is 50.0 Å². The zero-order chi connectivity index (χ0) is 27.4. The maximum Gasteiger partial charge on any atom is 0.338 e. The fourth-order valence-corrected chi connectivity index (χ4v) is 5.62. The quantitative estimate of drug-likeness (QED) is 0.290. The molecule has 0 amide bonds. The molecule has 1 aromatic carbocycles. The maximum absolute atomic E-state index is 13.7. The van der Waals surface area contributed by atoms with Gasteiger partial charge < -0.3 is 20.5 Å². The van der Waals surface area contributed by atoms with E-state index in [4.69, 9.17) is 15.2 Å². The average Bonchev–Trinajstić information content (AvgIpc) is 3.36. The molecule has 1 aromatic heterocycles. The summed E-state index contributed by atoms with van der Waals surface area (Å²) in [4.78, 5) is 41.4. The minimum atomic E-state index is -0.999. The van der Waals surface area contributed by atoms with Crippen molar-refractivity contribution in [1.29, 1.82) is 0 Å². The molecule has 38 heavy (non-hydrogen) atoms. The lowest BCUT2D eigenvalue weighted by molar-refractivity contribution is -0.384. The van der Waals surface area contributed by atoms with Crippen molar-refractivity contribution in [3.8, 4) is 0 Å². The van der Waals surface area contributed by atoms with Crippen LogP contribution < -0.4 is 11.1 Å². The summed E-state index contributed by atoms with van der Waals surface area (Å²) in [5.74, 6) is -2.28. The van der Waals surface area contributed by atoms with Gasteiger partial charge in [-0.1, -0.05) is 18.2 Å². The third-order valence-electron chi connectivity index (χ3n) is 6.49. The summed E-state index contributed by atoms with van der Waals surface area (Å²) in [6, 6.07) is 9.93. The summed E-state index contributed by atoms with van der Waals surface area (Å²) >= 11 is 1.69. The largest absolute Gasteiger partial charge is 0.459 e. The van der Waals surface area contributed by atoms with E-state index in [0.717, 1.165) is 19.5 Å². The number of hydrogen-bond donors (Lipinski definition) is 2. The average molecular weight is 541 g/mol. The number of non-ortho nitro benzene ring substituents is 1. The van der Waals surface area contributed by atoms with Crippen molar-refractivity contribution >= 4 is 29.0 Å². The number of dihydropyridines is 1. The van der Waals surface area contributed by atoms with Gasteiger partial charge in [-0.05, 0) is 57.2 Å². The van der Waals surface area contributed by atoms with Gasteiger partial charge in [-0.2, -0.15) is 0 Å². The molecular formula is C27H32N4O6S. The topological polar surface area (TPSA) is 137 Å². The molecule has 3 N–H and O–H groups in total. The molecule has 0 spiro atoms. The lowest BCUT2D eigenvalue weighted by Crippen LogP contribution is -2.41. The number of benzene rings is 1. The predicted octanol–water partition coefficient (Wildman–Crippen LogP) is 3.95. The van der Waals surface area contributed by atoms with Crippen molar-refractivity contribution in [2.24, 2.45) is 5.73 Å². The molecule has 2 aliphatic rings. The molecule has 0 aliphatic carbocycles. The van der Waals surface area contributed by atoms with Gasteiger partial charge in [0.2, 0.25) is 0 Å². The van der Waals surface area contributed by atoms with Gasteiger partial charge in [0.05, 0.1) is 28.1 Å². The van der Waals surface area contributed by atoms with E-state index < -0.39 is 28.9 Å². The predicted molar refractivity (Wildman–Crippen MR) is 143 cm³/mol. The smallest absolute Gasteiger partial charge is 0.338 e. The Bertz CT molecular complexity index is 1270. The first-order valence-electron chi connectivity index (χ1n) is 12.5. The van der Waals surface area contributed by atoms with Gasteiger partial charge in [0.15, 0.2) is 0 Å². The number of carbonyl (C=O) groups excluding carboxylic acids is 2. The van der Waals surface area contributed by atoms with E-state index >= 15 is 0 Å². The van der Waals surface area contributed by atoms with Gasteiger partial charge in [-0.25, -0.2) is 9.59 Å². The van der Waals surface area contributed by atoms with E-state index in [9.17, 15) is 19.7 Å². The standard InChI is InChI=1S/C27H32N4O6S/c1-16(2)36-27(33)24-23(18-7-4-8-19(13-18)31(34)35)22(17(3)29-25(24)28)26(32)37-20-9-5-11-30(14-20)15-21-10-6-12-38-21/h4,6-8,10,12-13,16,20,23,29H,5,9,11,14-15,28H2,1-3H3. The number of likely N-dealkylation sites (tertiary alicyclic amines) is 1. The van der Waals surface area contributed by atoms with E-state index in [0.29, 0.717) is 24.2 Å². The zero-order valence-electron chi connectivity index (χ0n) is 21.6. The number of nitro groups is 1. The third kappa shape index (κ3) is 6.22. The molecular weight excluding hydrogens is 508 g/mol. The van der Waals surface area contributed by atoms with Crippen LogP contribution in [0, 0.1) is 10.1 Å². The number of hydrogen-bond acceptors (Lipinski definition) is 10. The highest BCUT2D eigenvalue weighted by molar-refractivity contribution is 7.09. The number of allylic oxidation sites excluding steroid dienone is 1. The molecule has 202 valence electrons. The van der Waals surface area contributed by atoms with Crippen LogP contribution in [-0.4, -0.2) is 47.1 Å². The van der Waals surface area contributed by atoms with Crippen LogP contribution in [0.25, 0.3) is 0 Å². The third-order valence-corrected chi connectivity index (χ3v) is 7.35. The molecule has 0 radical (unpaired) electrons. The molecule has 11 heteroatoms. The van der Waals surface area contributed by atoms with Crippen LogP contribution in [-0.2, 0) is 25.6 Å². The van der Waals surface area contributed by atoms with Gasteiger partial charge in [-0.3, -0.25) is 15.0 Å². The van der Waals surface area contributed by atoms with Crippen molar-refractivity contribution < 1.29 is 24.0 Å². The van der Waals surface area contributed by atoms with Crippen LogP contribution in [0.5, 0.6) is 0 Å². The van der Waals surface area contributed by atoms with E-state index in [1.165, 1.54) is 23.1 Å². The highest BCUT2D eigenvalue weighted by Crippen LogP contribution is 2.40. The highest BCUT2D eigenvalue weighted by atomic mass is 32.1. The van der Waals surface area contributed by atoms with Crippen molar-refractivity contribution in [1.82, 2.24) is 10.2 Å². The van der Waals surface area contributed by atoms with Gasteiger partial charge in [0.25, 0.3) is 5.69 Å². The lowest BCUT2D eigenvalue weighted by Gasteiger charge is -2.34. The Hall–Kier alpha value is -3.70. The number of nitrogens with zero attached hydrogens (tertiary/aromatic N) is 2. The number of nitrogens with one attached hydrogen (secondary N) is 1. The molecule has 0 saturated carbocycles. The highest BCUT2D eigenvalue weighted by Gasteiger charge is 2.40. The monoisotopic (exact) mass is 540 g/mol. The number of ether oxygens (including phenoxy) is 2. The molecule has 1 saturated heterocycles. The second kappa shape index (κ2) is 11.8. The number of nitro benzene ring substituents is 1. The molecule has 3 heterocycles. The van der Waals surface area contributed by atoms with Crippen LogP contribution in [0.2, 0.25) is 0 Å². The normalized spacial score (nSPS) is 20.3. The summed E-state index contributed by atoms with van der Waals surface area (Å²) in [5.41, 5.74) is 7.04. The molecule has 2 unspecified atom stereocenters. The van der Waals surface area contributed by atoms with Crippen molar-refractivity contribution in [3.63, 3.8) is 0 Å². The van der Waals surface area contributed by atoms with E-state index in [1.54, 1.807) is 38.2 Å². The second-order valence-corrected chi connectivity index (χ2v) is 10.7. The number of piperidine rings is 1. The molecule has 2 atom stereocenters. The number of thiophene rings is 1. The molecule has 2 aromatic rings. The summed E-state index contributed by atoms with van der Waals surface area (Å²) in [6.45, 7) is 7.36. The molecule has 10 nitrogen and oxygen atoms in total. The zero-order valence-corrected chi connectivity index (χ0v) is 22.5. The maximum atomic E-state index is 13.7. The van der Waals surface area contributed by atoms with Crippen molar-refractivity contribution in [2.45, 2.75) is 58.3 Å². The van der Waals surface area contributed by atoms with E-state index in [-0.39, 0.29) is 28.8 Å².